The highest BCUT2D eigenvalue weighted by molar-refractivity contribution is 9.10. The summed E-state index contributed by atoms with van der Waals surface area (Å²) in [5.41, 5.74) is 0. The first kappa shape index (κ1) is 6.38. The Labute approximate surface area is 70.7 Å². The number of fused-ring (bicyclic) bond motifs is 1. The summed E-state index contributed by atoms with van der Waals surface area (Å²) in [5.74, 6) is 0. The van der Waals surface area contributed by atoms with E-state index in [2.05, 4.69) is 44.0 Å². The smallest absolute Gasteiger partial charge is 0.102 e. The lowest BCUT2D eigenvalue weighted by molar-refractivity contribution is 0.382. The predicted octanol–water partition coefficient (Wildman–Crippen LogP) is 1.85. The van der Waals surface area contributed by atoms with Gasteiger partial charge in [0.1, 0.15) is 12.2 Å². The van der Waals surface area contributed by atoms with E-state index in [4.69, 9.17) is 4.74 Å². The molecule has 0 radical (unpaired) electrons. The molecule has 0 aromatic rings. The van der Waals surface area contributed by atoms with Crippen LogP contribution in [0.1, 0.15) is 0 Å². The van der Waals surface area contributed by atoms with Crippen molar-refractivity contribution in [2.75, 3.05) is 0 Å². The molecule has 1 aliphatic carbocycles. The van der Waals surface area contributed by atoms with Gasteiger partial charge in [0.25, 0.3) is 0 Å². The Morgan fingerprint density at radius 3 is 1.89 bits per heavy atom. The maximum absolute atomic E-state index is 5.35. The average molecular weight is 254 g/mol. The van der Waals surface area contributed by atoms with E-state index in [0.29, 0.717) is 21.9 Å². The first-order valence-electron chi connectivity index (χ1n) is 2.91. The van der Waals surface area contributed by atoms with E-state index in [1.807, 2.05) is 0 Å². The normalized spacial score (nSPS) is 54.9. The molecule has 2 aliphatic rings. The molecule has 0 aromatic carbocycles. The van der Waals surface area contributed by atoms with Crippen LogP contribution in [0.25, 0.3) is 0 Å². The van der Waals surface area contributed by atoms with E-state index in [9.17, 15) is 0 Å². The van der Waals surface area contributed by atoms with E-state index in [1.54, 1.807) is 0 Å². The van der Waals surface area contributed by atoms with Gasteiger partial charge in [0.15, 0.2) is 0 Å². The molecular weight excluding hydrogens is 248 g/mol. The van der Waals surface area contributed by atoms with Gasteiger partial charge in [-0.1, -0.05) is 44.0 Å². The number of halogens is 2. The van der Waals surface area contributed by atoms with Crippen molar-refractivity contribution in [3.63, 3.8) is 0 Å². The van der Waals surface area contributed by atoms with Crippen LogP contribution in [0.5, 0.6) is 0 Å². The molecule has 1 fully saturated rings. The fourth-order valence-corrected chi connectivity index (χ4v) is 2.28. The Morgan fingerprint density at radius 1 is 1.00 bits per heavy atom. The van der Waals surface area contributed by atoms with Crippen molar-refractivity contribution in [2.24, 2.45) is 0 Å². The fraction of sp³-hybridized carbons (Fsp3) is 0.667. The summed E-state index contributed by atoms with van der Waals surface area (Å²) in [6.45, 7) is 0. The molecule has 0 saturated carbocycles. The van der Waals surface area contributed by atoms with Crippen LogP contribution in [0.15, 0.2) is 12.2 Å². The molecule has 0 aromatic heterocycles. The second kappa shape index (κ2) is 2.07. The zero-order valence-electron chi connectivity index (χ0n) is 4.63. The Hall–Kier alpha value is 0.660. The van der Waals surface area contributed by atoms with Gasteiger partial charge in [0.05, 0.1) is 9.65 Å². The van der Waals surface area contributed by atoms with Gasteiger partial charge in [-0.2, -0.15) is 0 Å². The Bertz CT molecular complexity index is 141. The third-order valence-electron chi connectivity index (χ3n) is 1.67. The van der Waals surface area contributed by atoms with Crippen LogP contribution in [0.3, 0.4) is 0 Å². The molecule has 0 bridgehead atoms. The molecule has 50 valence electrons. The lowest BCUT2D eigenvalue weighted by Gasteiger charge is -2.07. The first-order valence-corrected chi connectivity index (χ1v) is 4.74. The first-order chi connectivity index (χ1) is 4.29. The van der Waals surface area contributed by atoms with Crippen molar-refractivity contribution in [3.8, 4) is 0 Å². The summed E-state index contributed by atoms with van der Waals surface area (Å²) in [7, 11) is 0. The van der Waals surface area contributed by atoms with Crippen LogP contribution < -0.4 is 0 Å². The van der Waals surface area contributed by atoms with E-state index in [-0.39, 0.29) is 0 Å². The third-order valence-corrected chi connectivity index (χ3v) is 3.32. The molecule has 1 aliphatic heterocycles. The maximum Gasteiger partial charge on any atom is 0.102 e. The highest BCUT2D eigenvalue weighted by Gasteiger charge is 2.48. The number of hydrogen-bond acceptors (Lipinski definition) is 1. The molecular formula is C6H6Br2O. The Kier molecular flexibility index (Phi) is 1.47. The van der Waals surface area contributed by atoms with Gasteiger partial charge in [0, 0.05) is 0 Å². The number of hydrogen-bond donors (Lipinski definition) is 0. The van der Waals surface area contributed by atoms with Crippen LogP contribution >= 0.6 is 31.9 Å². The Morgan fingerprint density at radius 2 is 1.44 bits per heavy atom. The number of rotatable bonds is 0. The van der Waals surface area contributed by atoms with Crippen LogP contribution in [0.4, 0.5) is 0 Å². The van der Waals surface area contributed by atoms with Crippen LogP contribution in [0, 0.1) is 0 Å². The molecule has 2 rings (SSSR count). The van der Waals surface area contributed by atoms with Gasteiger partial charge in [-0.3, -0.25) is 0 Å². The topological polar surface area (TPSA) is 12.5 Å². The summed E-state index contributed by atoms with van der Waals surface area (Å²) in [4.78, 5) is 0.882. The van der Waals surface area contributed by atoms with E-state index in [0.717, 1.165) is 0 Å². The second-order valence-electron chi connectivity index (χ2n) is 2.34. The molecule has 1 heterocycles. The molecule has 0 spiro atoms. The zero-order valence-corrected chi connectivity index (χ0v) is 7.80. The second-order valence-corrected chi connectivity index (χ2v) is 4.45. The molecule has 0 N–H and O–H groups in total. The lowest BCUT2D eigenvalue weighted by atomic mass is 10.1. The summed E-state index contributed by atoms with van der Waals surface area (Å²) < 4.78 is 5.35. The molecule has 4 atom stereocenters. The van der Waals surface area contributed by atoms with E-state index < -0.39 is 0 Å². The SMILES string of the molecule is Br[C@@H]1C=C[C@H](Br)[C@@H]2O[C@@H]21. The molecule has 1 nitrogen and oxygen atoms in total. The van der Waals surface area contributed by atoms with Crippen LogP contribution in [0.2, 0.25) is 0 Å². The number of epoxide rings is 1. The summed E-state index contributed by atoms with van der Waals surface area (Å²) in [6, 6.07) is 0. The Balaban J connectivity index is 2.15. The average Bonchev–Trinajstić information content (AvgIpc) is 2.57. The van der Waals surface area contributed by atoms with E-state index in [1.165, 1.54) is 0 Å². The van der Waals surface area contributed by atoms with Crippen LogP contribution in [-0.2, 0) is 4.74 Å². The van der Waals surface area contributed by atoms with Gasteiger partial charge in [-0.05, 0) is 0 Å². The van der Waals surface area contributed by atoms with Gasteiger partial charge in [0.2, 0.25) is 0 Å². The van der Waals surface area contributed by atoms with Gasteiger partial charge < -0.3 is 4.74 Å². The van der Waals surface area contributed by atoms with Crippen molar-refractivity contribution in [2.45, 2.75) is 21.9 Å². The summed E-state index contributed by atoms with van der Waals surface area (Å²) >= 11 is 6.98. The van der Waals surface area contributed by atoms with Gasteiger partial charge in [-0.25, -0.2) is 0 Å². The molecule has 3 heteroatoms. The van der Waals surface area contributed by atoms with E-state index >= 15 is 0 Å². The minimum atomic E-state index is 0.430. The summed E-state index contributed by atoms with van der Waals surface area (Å²) in [5, 5.41) is 0. The highest BCUT2D eigenvalue weighted by atomic mass is 79.9. The van der Waals surface area contributed by atoms with Crippen molar-refractivity contribution < 1.29 is 4.74 Å². The van der Waals surface area contributed by atoms with Crippen molar-refractivity contribution in [1.82, 2.24) is 0 Å². The molecule has 0 amide bonds. The minimum Gasteiger partial charge on any atom is -0.366 e. The summed E-state index contributed by atoms with van der Waals surface area (Å²) in [6.07, 6.45) is 5.12. The standard InChI is InChI=1S/C6H6Br2O/c7-3-1-2-4(8)6-5(3)9-6/h1-6H/t3-,4+,5-,6+. The van der Waals surface area contributed by atoms with Crippen molar-refractivity contribution in [3.05, 3.63) is 12.2 Å². The van der Waals surface area contributed by atoms with Crippen molar-refractivity contribution in [1.29, 1.82) is 0 Å². The lowest BCUT2D eigenvalue weighted by Crippen LogP contribution is -2.18. The molecule has 9 heavy (non-hydrogen) atoms. The fourth-order valence-electron chi connectivity index (χ4n) is 1.08. The quantitative estimate of drug-likeness (QED) is 0.365. The monoisotopic (exact) mass is 252 g/mol. The molecule has 0 unspecified atom stereocenters. The maximum atomic E-state index is 5.35. The predicted molar refractivity (Wildman–Crippen MR) is 43.2 cm³/mol. The third kappa shape index (κ3) is 0.994. The largest absolute Gasteiger partial charge is 0.366 e. The van der Waals surface area contributed by atoms with Crippen LogP contribution in [-0.4, -0.2) is 21.9 Å². The van der Waals surface area contributed by atoms with Gasteiger partial charge >= 0.3 is 0 Å². The number of alkyl halides is 2. The van der Waals surface area contributed by atoms with Gasteiger partial charge in [-0.15, -0.1) is 0 Å². The highest BCUT2D eigenvalue weighted by Crippen LogP contribution is 2.39. The number of ether oxygens (including phenoxy) is 1. The zero-order chi connectivity index (χ0) is 6.43. The van der Waals surface area contributed by atoms with Crippen molar-refractivity contribution >= 4 is 31.9 Å². The minimum absolute atomic E-state index is 0.430. The molecule has 1 saturated heterocycles.